The molecule has 2 heterocycles. The van der Waals surface area contributed by atoms with Gasteiger partial charge in [-0.25, -0.2) is 9.37 Å². The lowest BCUT2D eigenvalue weighted by molar-refractivity contribution is -0.134. The molecule has 1 N–H and O–H groups in total. The molecule has 0 spiro atoms. The largest absolute Gasteiger partial charge is 0.342 e. The van der Waals surface area contributed by atoms with E-state index >= 15 is 0 Å². The van der Waals surface area contributed by atoms with Crippen LogP contribution in [0, 0.1) is 18.7 Å². The van der Waals surface area contributed by atoms with Crippen LogP contribution in [0.15, 0.2) is 42.5 Å². The first-order chi connectivity index (χ1) is 13.0. The molecule has 1 atom stereocenters. The summed E-state index contributed by atoms with van der Waals surface area (Å²) in [6.07, 6.45) is 2.50. The number of nitrogens with zero attached hydrogens (tertiary/aromatic N) is 2. The molecule has 0 bridgehead atoms. The molecule has 0 radical (unpaired) electrons. The second kappa shape index (κ2) is 8.75. The van der Waals surface area contributed by atoms with Crippen molar-refractivity contribution >= 4 is 17.6 Å². The van der Waals surface area contributed by atoms with Crippen LogP contribution in [0.2, 0.25) is 0 Å². The van der Waals surface area contributed by atoms with Gasteiger partial charge in [0.25, 0.3) is 0 Å². The fourth-order valence-corrected chi connectivity index (χ4v) is 3.32. The van der Waals surface area contributed by atoms with E-state index in [2.05, 4.69) is 10.3 Å². The quantitative estimate of drug-likeness (QED) is 0.879. The maximum absolute atomic E-state index is 13.0. The van der Waals surface area contributed by atoms with Crippen molar-refractivity contribution in [2.45, 2.75) is 32.6 Å². The van der Waals surface area contributed by atoms with E-state index in [9.17, 15) is 14.0 Å². The van der Waals surface area contributed by atoms with Crippen molar-refractivity contribution in [3.8, 4) is 0 Å². The summed E-state index contributed by atoms with van der Waals surface area (Å²) in [6.45, 7) is 2.98. The number of anilines is 1. The molecule has 6 heteroatoms. The summed E-state index contributed by atoms with van der Waals surface area (Å²) in [7, 11) is 0. The number of likely N-dealkylation sites (tertiary alicyclic amines) is 1. The van der Waals surface area contributed by atoms with E-state index in [0.29, 0.717) is 31.7 Å². The monoisotopic (exact) mass is 369 g/mol. The van der Waals surface area contributed by atoms with Crippen molar-refractivity contribution in [1.82, 2.24) is 9.88 Å². The van der Waals surface area contributed by atoms with Gasteiger partial charge in [0, 0.05) is 25.2 Å². The van der Waals surface area contributed by atoms with Crippen molar-refractivity contribution in [3.63, 3.8) is 0 Å². The molecule has 1 aliphatic heterocycles. The second-order valence-corrected chi connectivity index (χ2v) is 6.96. The molecule has 5 nitrogen and oxygen atoms in total. The molecular weight excluding hydrogens is 345 g/mol. The molecular formula is C21H24FN3O2. The van der Waals surface area contributed by atoms with Gasteiger partial charge in [0.05, 0.1) is 5.92 Å². The van der Waals surface area contributed by atoms with Gasteiger partial charge in [0.1, 0.15) is 11.6 Å². The summed E-state index contributed by atoms with van der Waals surface area (Å²) in [6, 6.07) is 11.7. The standard InChI is InChI=1S/C21H24FN3O2/c1-15-4-2-6-19(23-15)24-21(27)17-5-3-13-25(14-17)20(26)12-9-16-7-10-18(22)11-8-16/h2,4,6-8,10-11,17H,3,5,9,12-14H2,1H3,(H,23,24,27). The fraction of sp³-hybridized carbons (Fsp3) is 0.381. The van der Waals surface area contributed by atoms with Crippen LogP contribution in [0.3, 0.4) is 0 Å². The minimum atomic E-state index is -0.280. The van der Waals surface area contributed by atoms with Crippen LogP contribution in [0.25, 0.3) is 0 Å². The number of piperidine rings is 1. The van der Waals surface area contributed by atoms with Gasteiger partial charge >= 0.3 is 0 Å². The first kappa shape index (κ1) is 19.0. The Bertz CT molecular complexity index is 807. The second-order valence-electron chi connectivity index (χ2n) is 6.96. The van der Waals surface area contributed by atoms with Crippen molar-refractivity contribution < 1.29 is 14.0 Å². The van der Waals surface area contributed by atoms with Crippen LogP contribution in [-0.4, -0.2) is 34.8 Å². The molecule has 1 aromatic carbocycles. The van der Waals surface area contributed by atoms with Crippen molar-refractivity contribution in [1.29, 1.82) is 0 Å². The number of nitrogens with one attached hydrogen (secondary N) is 1. The van der Waals surface area contributed by atoms with Gasteiger partial charge < -0.3 is 10.2 Å². The zero-order valence-corrected chi connectivity index (χ0v) is 15.5. The van der Waals surface area contributed by atoms with Crippen molar-refractivity contribution in [3.05, 3.63) is 59.5 Å². The number of hydrogen-bond acceptors (Lipinski definition) is 3. The van der Waals surface area contributed by atoms with Gasteiger partial charge in [0.2, 0.25) is 11.8 Å². The molecule has 1 aliphatic rings. The van der Waals surface area contributed by atoms with Gasteiger partial charge in [-0.05, 0) is 56.0 Å². The molecule has 142 valence electrons. The normalized spacial score (nSPS) is 16.8. The van der Waals surface area contributed by atoms with Crippen LogP contribution in [0.4, 0.5) is 10.2 Å². The first-order valence-electron chi connectivity index (χ1n) is 9.28. The average Bonchev–Trinajstić information content (AvgIpc) is 2.67. The summed E-state index contributed by atoms with van der Waals surface area (Å²) >= 11 is 0. The van der Waals surface area contributed by atoms with Gasteiger partial charge in [-0.15, -0.1) is 0 Å². The third-order valence-electron chi connectivity index (χ3n) is 4.83. The molecule has 2 amide bonds. The molecule has 27 heavy (non-hydrogen) atoms. The maximum atomic E-state index is 13.0. The van der Waals surface area contributed by atoms with Crippen LogP contribution in [-0.2, 0) is 16.0 Å². The third-order valence-corrected chi connectivity index (χ3v) is 4.83. The lowest BCUT2D eigenvalue weighted by Crippen LogP contribution is -2.43. The van der Waals surface area contributed by atoms with Crippen LogP contribution in [0.5, 0.6) is 0 Å². The highest BCUT2D eigenvalue weighted by molar-refractivity contribution is 5.92. The van der Waals surface area contributed by atoms with Gasteiger partial charge in [-0.3, -0.25) is 9.59 Å². The lowest BCUT2D eigenvalue weighted by Gasteiger charge is -2.32. The van der Waals surface area contributed by atoms with Gasteiger partial charge in [-0.2, -0.15) is 0 Å². The number of carbonyl (C=O) groups is 2. The summed E-state index contributed by atoms with van der Waals surface area (Å²) in [5.74, 6) is -0.0247. The SMILES string of the molecule is Cc1cccc(NC(=O)C2CCCN(C(=O)CCc3ccc(F)cc3)C2)n1. The molecule has 0 saturated carbocycles. The Kier molecular flexibility index (Phi) is 6.16. The highest BCUT2D eigenvalue weighted by atomic mass is 19.1. The summed E-state index contributed by atoms with van der Waals surface area (Å²) in [4.78, 5) is 31.1. The van der Waals surface area contributed by atoms with Crippen molar-refractivity contribution in [2.24, 2.45) is 5.92 Å². The first-order valence-corrected chi connectivity index (χ1v) is 9.28. The Morgan fingerprint density at radius 3 is 2.74 bits per heavy atom. The average molecular weight is 369 g/mol. The predicted molar refractivity (Wildman–Crippen MR) is 102 cm³/mol. The fourth-order valence-electron chi connectivity index (χ4n) is 3.32. The maximum Gasteiger partial charge on any atom is 0.230 e. The molecule has 0 aliphatic carbocycles. The predicted octanol–water partition coefficient (Wildman–Crippen LogP) is 3.34. The lowest BCUT2D eigenvalue weighted by atomic mass is 9.96. The van der Waals surface area contributed by atoms with Crippen molar-refractivity contribution in [2.75, 3.05) is 18.4 Å². The van der Waals surface area contributed by atoms with E-state index in [1.165, 1.54) is 12.1 Å². The Morgan fingerprint density at radius 1 is 1.22 bits per heavy atom. The zero-order chi connectivity index (χ0) is 19.2. The van der Waals surface area contributed by atoms with E-state index in [4.69, 9.17) is 0 Å². The number of hydrogen-bond donors (Lipinski definition) is 1. The highest BCUT2D eigenvalue weighted by Crippen LogP contribution is 2.20. The smallest absolute Gasteiger partial charge is 0.230 e. The van der Waals surface area contributed by atoms with E-state index in [1.807, 2.05) is 19.1 Å². The third kappa shape index (κ3) is 5.36. The topological polar surface area (TPSA) is 62.3 Å². The number of aromatic nitrogens is 1. The van der Waals surface area contributed by atoms with Gasteiger partial charge in [-0.1, -0.05) is 18.2 Å². The number of rotatable bonds is 5. The molecule has 1 fully saturated rings. The summed E-state index contributed by atoms with van der Waals surface area (Å²) < 4.78 is 13.0. The van der Waals surface area contributed by atoms with E-state index in [-0.39, 0.29) is 23.5 Å². The van der Waals surface area contributed by atoms with Crippen LogP contribution in [0.1, 0.15) is 30.5 Å². The minimum Gasteiger partial charge on any atom is -0.342 e. The number of carbonyl (C=O) groups excluding carboxylic acids is 2. The van der Waals surface area contributed by atoms with E-state index in [1.54, 1.807) is 23.1 Å². The highest BCUT2D eigenvalue weighted by Gasteiger charge is 2.28. The Hall–Kier alpha value is -2.76. The van der Waals surface area contributed by atoms with Gasteiger partial charge in [0.15, 0.2) is 0 Å². The molecule has 1 saturated heterocycles. The number of benzene rings is 1. The van der Waals surface area contributed by atoms with E-state index in [0.717, 1.165) is 24.1 Å². The number of pyridine rings is 1. The zero-order valence-electron chi connectivity index (χ0n) is 15.5. The molecule has 1 unspecified atom stereocenters. The number of aryl methyl sites for hydroxylation is 2. The Morgan fingerprint density at radius 2 is 2.00 bits per heavy atom. The number of halogens is 1. The van der Waals surface area contributed by atoms with Crippen LogP contribution >= 0.6 is 0 Å². The number of amides is 2. The Balaban J connectivity index is 1.52. The molecule has 2 aromatic rings. The van der Waals surface area contributed by atoms with Crippen LogP contribution < -0.4 is 5.32 Å². The summed E-state index contributed by atoms with van der Waals surface area (Å²) in [5.41, 5.74) is 1.77. The Labute approximate surface area is 158 Å². The summed E-state index contributed by atoms with van der Waals surface area (Å²) in [5, 5.41) is 2.85. The minimum absolute atomic E-state index is 0.0329. The molecule has 3 rings (SSSR count). The molecule has 1 aromatic heterocycles. The van der Waals surface area contributed by atoms with E-state index < -0.39 is 0 Å².